The van der Waals surface area contributed by atoms with Gasteiger partial charge in [0.15, 0.2) is 5.78 Å². The van der Waals surface area contributed by atoms with Gasteiger partial charge >= 0.3 is 6.18 Å². The van der Waals surface area contributed by atoms with Gasteiger partial charge in [0, 0.05) is 19.4 Å². The molecule has 0 saturated carbocycles. The maximum Gasteiger partial charge on any atom is 0.389 e. The fraction of sp³-hybridized carbons (Fsp3) is 0.889. The van der Waals surface area contributed by atoms with Crippen LogP contribution in [0.25, 0.3) is 0 Å². The highest BCUT2D eigenvalue weighted by atomic mass is 19.4. The normalized spacial score (nSPS) is 11.7. The van der Waals surface area contributed by atoms with E-state index in [0.717, 1.165) is 6.42 Å². The van der Waals surface area contributed by atoms with Crippen LogP contribution in [0.4, 0.5) is 13.2 Å². The third-order valence-corrected chi connectivity index (χ3v) is 1.53. The first kappa shape index (κ1) is 13.4. The first-order chi connectivity index (χ1) is 6.45. The van der Waals surface area contributed by atoms with Crippen LogP contribution in [0.1, 0.15) is 32.6 Å². The van der Waals surface area contributed by atoms with E-state index in [1.54, 1.807) is 0 Å². The molecule has 0 aromatic carbocycles. The van der Waals surface area contributed by atoms with E-state index in [1.807, 2.05) is 6.92 Å². The van der Waals surface area contributed by atoms with Gasteiger partial charge in [-0.1, -0.05) is 6.92 Å². The van der Waals surface area contributed by atoms with Crippen molar-refractivity contribution < 1.29 is 22.7 Å². The molecule has 0 amide bonds. The summed E-state index contributed by atoms with van der Waals surface area (Å²) < 4.78 is 39.9. The van der Waals surface area contributed by atoms with Crippen molar-refractivity contribution in [3.05, 3.63) is 0 Å². The van der Waals surface area contributed by atoms with Crippen LogP contribution in [-0.4, -0.2) is 25.2 Å². The number of halogens is 3. The SMILES string of the molecule is CCCOCC(=O)CCCC(F)(F)F. The van der Waals surface area contributed by atoms with Gasteiger partial charge in [0.25, 0.3) is 0 Å². The topological polar surface area (TPSA) is 26.3 Å². The summed E-state index contributed by atoms with van der Waals surface area (Å²) in [6.45, 7) is 2.31. The zero-order valence-electron chi connectivity index (χ0n) is 8.19. The van der Waals surface area contributed by atoms with E-state index in [1.165, 1.54) is 0 Å². The minimum Gasteiger partial charge on any atom is -0.374 e. The standard InChI is InChI=1S/C9H15F3O2/c1-2-6-14-7-8(13)4-3-5-9(10,11)12/h2-7H2,1H3. The Labute approximate surface area is 81.4 Å². The Morgan fingerprint density at radius 1 is 1.36 bits per heavy atom. The van der Waals surface area contributed by atoms with Crippen molar-refractivity contribution in [3.8, 4) is 0 Å². The molecule has 0 aliphatic carbocycles. The summed E-state index contributed by atoms with van der Waals surface area (Å²) in [5, 5.41) is 0. The molecule has 0 aromatic rings. The number of Topliss-reactive ketones (excluding diaryl/α,β-unsaturated/α-hetero) is 1. The van der Waals surface area contributed by atoms with Crippen molar-refractivity contribution in [1.29, 1.82) is 0 Å². The zero-order valence-corrected chi connectivity index (χ0v) is 8.19. The van der Waals surface area contributed by atoms with Gasteiger partial charge in [0.05, 0.1) is 0 Å². The van der Waals surface area contributed by atoms with E-state index >= 15 is 0 Å². The molecule has 84 valence electrons. The Morgan fingerprint density at radius 2 is 2.00 bits per heavy atom. The van der Waals surface area contributed by atoms with Crippen molar-refractivity contribution in [2.24, 2.45) is 0 Å². The van der Waals surface area contributed by atoms with Gasteiger partial charge in [-0.25, -0.2) is 0 Å². The molecule has 2 nitrogen and oxygen atoms in total. The minimum absolute atomic E-state index is 0.0524. The Balaban J connectivity index is 3.36. The molecule has 0 radical (unpaired) electrons. The van der Waals surface area contributed by atoms with Crippen LogP contribution in [0.3, 0.4) is 0 Å². The van der Waals surface area contributed by atoms with Crippen molar-refractivity contribution in [3.63, 3.8) is 0 Å². The highest BCUT2D eigenvalue weighted by Crippen LogP contribution is 2.22. The molecule has 0 unspecified atom stereocenters. The predicted octanol–water partition coefficient (Wildman–Crippen LogP) is 2.71. The lowest BCUT2D eigenvalue weighted by Crippen LogP contribution is -2.12. The summed E-state index contributed by atoms with van der Waals surface area (Å²) in [6.07, 6.45) is -4.45. The number of alkyl halides is 3. The number of ketones is 1. The maximum atomic E-state index is 11.7. The van der Waals surface area contributed by atoms with E-state index in [0.29, 0.717) is 6.61 Å². The summed E-state index contributed by atoms with van der Waals surface area (Å²) in [6, 6.07) is 0. The van der Waals surface area contributed by atoms with Crippen LogP contribution in [-0.2, 0) is 9.53 Å². The number of carbonyl (C=O) groups excluding carboxylic acids is 1. The largest absolute Gasteiger partial charge is 0.389 e. The molecular formula is C9H15F3O2. The molecule has 0 saturated heterocycles. The average molecular weight is 212 g/mol. The second-order valence-electron chi connectivity index (χ2n) is 3.06. The van der Waals surface area contributed by atoms with Crippen molar-refractivity contribution in [2.75, 3.05) is 13.2 Å². The number of hydrogen-bond donors (Lipinski definition) is 0. The van der Waals surface area contributed by atoms with E-state index < -0.39 is 12.6 Å². The minimum atomic E-state index is -4.16. The van der Waals surface area contributed by atoms with Gasteiger partial charge in [-0.3, -0.25) is 4.79 Å². The van der Waals surface area contributed by atoms with Crippen molar-refractivity contribution in [2.45, 2.75) is 38.8 Å². The molecule has 5 heteroatoms. The monoisotopic (exact) mass is 212 g/mol. The first-order valence-electron chi connectivity index (χ1n) is 4.62. The number of hydrogen-bond acceptors (Lipinski definition) is 2. The van der Waals surface area contributed by atoms with Gasteiger partial charge in [0.1, 0.15) is 6.61 Å². The zero-order chi connectivity index (χ0) is 11.0. The summed E-state index contributed by atoms with van der Waals surface area (Å²) in [4.78, 5) is 10.9. The third-order valence-electron chi connectivity index (χ3n) is 1.53. The third kappa shape index (κ3) is 9.51. The smallest absolute Gasteiger partial charge is 0.374 e. The number of ether oxygens (including phenoxy) is 1. The lowest BCUT2D eigenvalue weighted by atomic mass is 10.2. The molecule has 0 aliphatic rings. The Bertz CT molecular complexity index is 166. The van der Waals surface area contributed by atoms with E-state index in [9.17, 15) is 18.0 Å². The first-order valence-corrected chi connectivity index (χ1v) is 4.62. The summed E-state index contributed by atoms with van der Waals surface area (Å²) in [5.41, 5.74) is 0. The fourth-order valence-electron chi connectivity index (χ4n) is 0.889. The second-order valence-corrected chi connectivity index (χ2v) is 3.06. The lowest BCUT2D eigenvalue weighted by molar-refractivity contribution is -0.137. The molecular weight excluding hydrogens is 197 g/mol. The number of rotatable bonds is 7. The Kier molecular flexibility index (Phi) is 6.53. The van der Waals surface area contributed by atoms with Crippen LogP contribution in [0.15, 0.2) is 0 Å². The molecule has 0 aliphatic heterocycles. The van der Waals surface area contributed by atoms with Crippen LogP contribution < -0.4 is 0 Å². The van der Waals surface area contributed by atoms with Gasteiger partial charge in [0.2, 0.25) is 0 Å². The molecule has 0 rings (SSSR count). The number of carbonyl (C=O) groups is 1. The highest BCUT2D eigenvalue weighted by molar-refractivity contribution is 5.79. The predicted molar refractivity (Wildman–Crippen MR) is 46.0 cm³/mol. The quantitative estimate of drug-likeness (QED) is 0.606. The molecule has 0 aromatic heterocycles. The molecule has 14 heavy (non-hydrogen) atoms. The lowest BCUT2D eigenvalue weighted by Gasteiger charge is -2.05. The molecule has 0 spiro atoms. The average Bonchev–Trinajstić information content (AvgIpc) is 2.02. The van der Waals surface area contributed by atoms with Gasteiger partial charge in [-0.05, 0) is 12.8 Å². The highest BCUT2D eigenvalue weighted by Gasteiger charge is 2.26. The van der Waals surface area contributed by atoms with E-state index in [4.69, 9.17) is 4.74 Å². The van der Waals surface area contributed by atoms with E-state index in [-0.39, 0.29) is 25.2 Å². The Hall–Kier alpha value is -0.580. The summed E-state index contributed by atoms with van der Waals surface area (Å²) in [5.74, 6) is -0.261. The maximum absolute atomic E-state index is 11.7. The van der Waals surface area contributed by atoms with Crippen LogP contribution in [0.2, 0.25) is 0 Å². The van der Waals surface area contributed by atoms with Crippen LogP contribution in [0.5, 0.6) is 0 Å². The van der Waals surface area contributed by atoms with Crippen LogP contribution in [0, 0.1) is 0 Å². The molecule has 0 fully saturated rings. The van der Waals surface area contributed by atoms with E-state index in [2.05, 4.69) is 0 Å². The second kappa shape index (κ2) is 6.81. The molecule has 0 atom stereocenters. The van der Waals surface area contributed by atoms with Gasteiger partial charge < -0.3 is 4.74 Å². The molecule has 0 bridgehead atoms. The van der Waals surface area contributed by atoms with Crippen molar-refractivity contribution >= 4 is 5.78 Å². The molecule has 0 heterocycles. The van der Waals surface area contributed by atoms with Crippen molar-refractivity contribution in [1.82, 2.24) is 0 Å². The van der Waals surface area contributed by atoms with Crippen LogP contribution >= 0.6 is 0 Å². The fourth-order valence-corrected chi connectivity index (χ4v) is 0.889. The van der Waals surface area contributed by atoms with Gasteiger partial charge in [-0.2, -0.15) is 13.2 Å². The Morgan fingerprint density at radius 3 is 2.50 bits per heavy atom. The molecule has 0 N–H and O–H groups in total. The summed E-state index contributed by atoms with van der Waals surface area (Å²) in [7, 11) is 0. The summed E-state index contributed by atoms with van der Waals surface area (Å²) >= 11 is 0. The van der Waals surface area contributed by atoms with Gasteiger partial charge in [-0.15, -0.1) is 0 Å².